The summed E-state index contributed by atoms with van der Waals surface area (Å²) < 4.78 is 6.54. The van der Waals surface area contributed by atoms with Gasteiger partial charge in [-0.15, -0.1) is 6.58 Å². The molecule has 0 spiro atoms. The molecule has 84 heavy (non-hydrogen) atoms. The molecule has 0 fully saturated rings. The van der Waals surface area contributed by atoms with E-state index in [1.807, 2.05) is 6.08 Å². The highest BCUT2D eigenvalue weighted by molar-refractivity contribution is 5.65. The monoisotopic (exact) mass is 1150 g/mol. The SMILES string of the molecule is C=C(C/C=C/C(=C(/C)C(CC)C(C)(C)C)C(C)(C)C)CCC(CCC)(CCC)COC(=C)CCc1cc(C(C)(C)C)c2c(c1)C2(C)C.C=CCCC=C/C(=C\C(=C/C)C(C)(C)C)C(C)(C)C.Cc1c(C(C)(C)C)cc(CC=O)cc1C(C)(C)C. The second-order valence-electron chi connectivity index (χ2n) is 33.1. The van der Waals surface area contributed by atoms with Crippen molar-refractivity contribution in [3.8, 4) is 0 Å². The minimum Gasteiger partial charge on any atom is -0.498 e. The molecule has 0 N–H and O–H groups in total. The highest BCUT2D eigenvalue weighted by Crippen LogP contribution is 2.54. The summed E-state index contributed by atoms with van der Waals surface area (Å²) in [7, 11) is 0. The number of ether oxygens (including phenoxy) is 1. The second-order valence-corrected chi connectivity index (χ2v) is 33.1. The Morgan fingerprint density at radius 2 is 1.15 bits per heavy atom. The number of aryl methyl sites for hydroxylation is 1. The largest absolute Gasteiger partial charge is 0.498 e. The van der Waals surface area contributed by atoms with E-state index in [2.05, 4.69) is 281 Å². The first-order valence-electron chi connectivity index (χ1n) is 33.0. The topological polar surface area (TPSA) is 26.3 Å². The van der Waals surface area contributed by atoms with Gasteiger partial charge in [-0.3, -0.25) is 0 Å². The van der Waals surface area contributed by atoms with Crippen molar-refractivity contribution in [2.24, 2.45) is 33.0 Å². The van der Waals surface area contributed by atoms with E-state index in [4.69, 9.17) is 4.74 Å². The highest BCUT2D eigenvalue weighted by atomic mass is 16.5. The zero-order valence-corrected chi connectivity index (χ0v) is 60.8. The number of hydrogen-bond donors (Lipinski definition) is 0. The fraction of sp³-hybridized carbons (Fsp3) is 0.646. The third kappa shape index (κ3) is 24.9. The van der Waals surface area contributed by atoms with Gasteiger partial charge in [0.1, 0.15) is 6.29 Å². The van der Waals surface area contributed by atoms with E-state index in [9.17, 15) is 4.79 Å². The first-order chi connectivity index (χ1) is 38.2. The smallest absolute Gasteiger partial charge is 0.124 e. The molecule has 1 aliphatic rings. The van der Waals surface area contributed by atoms with Crippen molar-refractivity contribution in [1.29, 1.82) is 0 Å². The van der Waals surface area contributed by atoms with Gasteiger partial charge in [-0.1, -0.05) is 284 Å². The number of benzene rings is 2. The molecule has 0 heterocycles. The van der Waals surface area contributed by atoms with Crippen LogP contribution < -0.4 is 0 Å². The van der Waals surface area contributed by atoms with E-state index in [1.54, 1.807) is 11.1 Å². The summed E-state index contributed by atoms with van der Waals surface area (Å²) in [6.07, 6.45) is 30.4. The number of aldehydes is 1. The molecule has 0 aromatic heterocycles. The van der Waals surface area contributed by atoms with Crippen molar-refractivity contribution in [2.75, 3.05) is 6.61 Å². The van der Waals surface area contributed by atoms with Gasteiger partial charge in [0.15, 0.2) is 0 Å². The molecule has 1 unspecified atom stereocenters. The molecule has 1 aliphatic carbocycles. The standard InChI is InChI=1S/C46H76O.C19H32.C17H26O/c1-18-27-46(28-19-2,29-26-33(4)22-21-23-38(43(10,11)12)35(6)37(20-3)42(7,8)9)32-47-34(5)24-25-36-30-39(44(13,14)15)41-40(31-36)45(41,16)17;1-9-11-12-13-14-17(19(6,7)8)15-16(10-2)18(3,4)5;1-12-14(16(2,3)4)10-13(8-9-18)11-15(12)17(5,6)7/h21,23,30-31,37H,4-5,18-20,22,24-29,32H2,1-3,6-17H3;9-10,13-15H,1,11-12H2,2-8H3;9-11H,8H2,1-7H3/b23-21+,38-35+;14-13?,16-10+,17-15+;. The Kier molecular flexibility index (Phi) is 29.8. The molecule has 0 aliphatic heterocycles. The van der Waals surface area contributed by atoms with Crippen molar-refractivity contribution in [1.82, 2.24) is 0 Å². The molecule has 0 saturated carbocycles. The maximum atomic E-state index is 10.8. The number of allylic oxidation sites excluding steroid dienone is 13. The number of unbranched alkanes of at least 4 members (excludes halogenated alkanes) is 1. The molecule has 3 rings (SSSR count). The van der Waals surface area contributed by atoms with E-state index < -0.39 is 0 Å². The number of hydrogen-bond acceptors (Lipinski definition) is 2. The van der Waals surface area contributed by atoms with E-state index in [1.165, 1.54) is 87.8 Å². The third-order valence-corrected chi connectivity index (χ3v) is 17.6. The van der Waals surface area contributed by atoms with Gasteiger partial charge in [0.25, 0.3) is 0 Å². The van der Waals surface area contributed by atoms with Gasteiger partial charge in [-0.05, 0) is 184 Å². The van der Waals surface area contributed by atoms with Crippen LogP contribution in [0.2, 0.25) is 0 Å². The summed E-state index contributed by atoms with van der Waals surface area (Å²) >= 11 is 0. The third-order valence-electron chi connectivity index (χ3n) is 17.6. The molecule has 0 bridgehead atoms. The molecule has 2 nitrogen and oxygen atoms in total. The lowest BCUT2D eigenvalue weighted by atomic mass is 9.70. The van der Waals surface area contributed by atoms with Crippen LogP contribution in [-0.4, -0.2) is 12.9 Å². The quantitative estimate of drug-likeness (QED) is 0.0326. The van der Waals surface area contributed by atoms with Crippen molar-refractivity contribution in [3.63, 3.8) is 0 Å². The minimum absolute atomic E-state index is 0.114. The van der Waals surface area contributed by atoms with Gasteiger partial charge < -0.3 is 9.53 Å². The van der Waals surface area contributed by atoms with Crippen LogP contribution in [0.25, 0.3) is 0 Å². The van der Waals surface area contributed by atoms with Gasteiger partial charge in [0.05, 0.1) is 12.4 Å². The predicted octanol–water partition coefficient (Wildman–Crippen LogP) is 25.2. The Hall–Kier alpha value is -4.17. The van der Waals surface area contributed by atoms with Gasteiger partial charge in [-0.25, -0.2) is 0 Å². The first-order valence-corrected chi connectivity index (χ1v) is 33.0. The van der Waals surface area contributed by atoms with Crippen LogP contribution in [0.4, 0.5) is 0 Å². The normalized spacial score (nSPS) is 15.2. The average molecular weight is 1150 g/mol. The van der Waals surface area contributed by atoms with Crippen molar-refractivity contribution < 1.29 is 9.53 Å². The second kappa shape index (κ2) is 32.2. The zero-order valence-electron chi connectivity index (χ0n) is 60.8. The molecule has 2 aromatic carbocycles. The number of carbonyl (C=O) groups excluding carboxylic acids is 1. The van der Waals surface area contributed by atoms with Crippen LogP contribution in [0.15, 0.2) is 120 Å². The van der Waals surface area contributed by atoms with E-state index in [0.29, 0.717) is 12.3 Å². The lowest BCUT2D eigenvalue weighted by molar-refractivity contribution is -0.107. The summed E-state index contributed by atoms with van der Waals surface area (Å²) in [5.41, 5.74) is 19.9. The van der Waals surface area contributed by atoms with Crippen LogP contribution in [0.5, 0.6) is 0 Å². The molecule has 0 amide bonds. The maximum absolute atomic E-state index is 10.8. The highest BCUT2D eigenvalue weighted by Gasteiger charge is 2.46. The predicted molar refractivity (Wildman–Crippen MR) is 378 cm³/mol. The fourth-order valence-corrected chi connectivity index (χ4v) is 12.7. The van der Waals surface area contributed by atoms with E-state index >= 15 is 0 Å². The van der Waals surface area contributed by atoms with Gasteiger partial charge in [-0.2, -0.15) is 0 Å². The summed E-state index contributed by atoms with van der Waals surface area (Å²) in [5, 5.41) is 0. The lowest BCUT2D eigenvalue weighted by Crippen LogP contribution is -2.27. The molecular weight excluding hydrogens is 1020 g/mol. The first kappa shape index (κ1) is 77.8. The Morgan fingerprint density at radius 3 is 1.57 bits per heavy atom. The number of rotatable bonds is 25. The van der Waals surface area contributed by atoms with Crippen molar-refractivity contribution in [3.05, 3.63) is 165 Å². The van der Waals surface area contributed by atoms with Crippen LogP contribution in [0, 0.1) is 39.9 Å². The molecule has 474 valence electrons. The summed E-state index contributed by atoms with van der Waals surface area (Å²) in [4.78, 5) is 10.8. The Morgan fingerprint density at radius 1 is 0.643 bits per heavy atom. The number of fused-ring (bicyclic) bond motifs is 1. The molecule has 0 saturated heterocycles. The van der Waals surface area contributed by atoms with E-state index in [0.717, 1.165) is 69.2 Å². The molecule has 1 atom stereocenters. The Labute approximate surface area is 523 Å². The molecule has 2 aromatic rings. The summed E-state index contributed by atoms with van der Waals surface area (Å²) in [6, 6.07) is 9.27. The summed E-state index contributed by atoms with van der Waals surface area (Å²) in [5.74, 6) is 1.51. The summed E-state index contributed by atoms with van der Waals surface area (Å²) in [6.45, 7) is 80.0. The van der Waals surface area contributed by atoms with Crippen LogP contribution >= 0.6 is 0 Å². The van der Waals surface area contributed by atoms with Crippen molar-refractivity contribution in [2.45, 2.75) is 306 Å². The minimum atomic E-state index is 0.114. The van der Waals surface area contributed by atoms with Gasteiger partial charge in [0.2, 0.25) is 0 Å². The maximum Gasteiger partial charge on any atom is 0.124 e. The van der Waals surface area contributed by atoms with E-state index in [-0.39, 0.29) is 48.7 Å². The Balaban J connectivity index is 0.000000776. The average Bonchev–Trinajstić information content (AvgIpc) is 3.08. The molecule has 2 heteroatoms. The molecular formula is C82H134O2. The van der Waals surface area contributed by atoms with Gasteiger partial charge in [0, 0.05) is 23.7 Å². The van der Waals surface area contributed by atoms with Crippen LogP contribution in [0.1, 0.15) is 309 Å². The molecule has 0 radical (unpaired) electrons. The Bertz CT molecular complexity index is 2560. The van der Waals surface area contributed by atoms with Crippen LogP contribution in [0.3, 0.4) is 0 Å². The fourth-order valence-electron chi connectivity index (χ4n) is 12.7. The van der Waals surface area contributed by atoms with Gasteiger partial charge >= 0.3 is 0 Å². The van der Waals surface area contributed by atoms with Crippen LogP contribution in [-0.2, 0) is 44.0 Å². The van der Waals surface area contributed by atoms with Crippen molar-refractivity contribution >= 4 is 6.29 Å². The lowest BCUT2D eigenvalue weighted by Gasteiger charge is -2.35. The zero-order chi connectivity index (χ0) is 65.3. The number of carbonyl (C=O) groups is 1.